The molecule has 6 heteroatoms. The van der Waals surface area contributed by atoms with Crippen molar-refractivity contribution >= 4 is 22.4 Å². The van der Waals surface area contributed by atoms with Crippen LogP contribution in [0.3, 0.4) is 0 Å². The maximum atomic E-state index is 12.8. The highest BCUT2D eigenvalue weighted by molar-refractivity contribution is 6.04. The smallest absolute Gasteiger partial charge is 0.274 e. The standard InChI is InChI=1S/C22H26N4O2/c1-16(2)26-22(28)19-13-8-7-12-18(19)20(24-26)21(27)23-14-9-15-25(3)17-10-5-4-6-11-17/h4-8,10-13,16H,9,14-15H2,1-3H3,(H,23,27). The number of amides is 1. The van der Waals surface area contributed by atoms with Gasteiger partial charge < -0.3 is 10.2 Å². The molecule has 2 aromatic carbocycles. The van der Waals surface area contributed by atoms with Crippen molar-refractivity contribution in [2.24, 2.45) is 0 Å². The Morgan fingerprint density at radius 1 is 1.07 bits per heavy atom. The quantitative estimate of drug-likeness (QED) is 0.641. The van der Waals surface area contributed by atoms with Crippen LogP contribution in [-0.2, 0) is 0 Å². The van der Waals surface area contributed by atoms with Crippen LogP contribution in [0.15, 0.2) is 59.4 Å². The van der Waals surface area contributed by atoms with E-state index in [2.05, 4.69) is 27.4 Å². The van der Waals surface area contributed by atoms with Crippen LogP contribution < -0.4 is 15.8 Å². The monoisotopic (exact) mass is 378 g/mol. The number of anilines is 1. The Hall–Kier alpha value is -3.15. The van der Waals surface area contributed by atoms with Gasteiger partial charge in [0.05, 0.1) is 11.4 Å². The van der Waals surface area contributed by atoms with Gasteiger partial charge in [-0.1, -0.05) is 36.4 Å². The molecule has 1 heterocycles. The minimum Gasteiger partial charge on any atom is -0.375 e. The van der Waals surface area contributed by atoms with Crippen molar-refractivity contribution in [2.75, 3.05) is 25.0 Å². The maximum absolute atomic E-state index is 12.8. The number of para-hydroxylation sites is 1. The minimum absolute atomic E-state index is 0.122. The van der Waals surface area contributed by atoms with Crippen LogP contribution in [0.1, 0.15) is 36.8 Å². The molecule has 1 amide bonds. The summed E-state index contributed by atoms with van der Waals surface area (Å²) < 4.78 is 1.38. The average molecular weight is 378 g/mol. The lowest BCUT2D eigenvalue weighted by molar-refractivity contribution is 0.0947. The predicted octanol–water partition coefficient (Wildman–Crippen LogP) is 3.23. The zero-order chi connectivity index (χ0) is 20.1. The second-order valence-electron chi connectivity index (χ2n) is 7.10. The Balaban J connectivity index is 1.70. The highest BCUT2D eigenvalue weighted by Gasteiger charge is 2.17. The van der Waals surface area contributed by atoms with Crippen molar-refractivity contribution in [1.82, 2.24) is 15.1 Å². The van der Waals surface area contributed by atoms with Gasteiger partial charge in [-0.2, -0.15) is 5.10 Å². The number of benzene rings is 2. The first kappa shape index (κ1) is 19.6. The summed E-state index contributed by atoms with van der Waals surface area (Å²) in [6, 6.07) is 17.1. The molecule has 28 heavy (non-hydrogen) atoms. The number of nitrogens with one attached hydrogen (secondary N) is 1. The summed E-state index contributed by atoms with van der Waals surface area (Å²) in [5.74, 6) is -0.257. The normalized spacial score (nSPS) is 11.0. The van der Waals surface area contributed by atoms with E-state index in [0.29, 0.717) is 23.0 Å². The number of rotatable bonds is 7. The molecule has 0 unspecified atom stereocenters. The van der Waals surface area contributed by atoms with E-state index in [9.17, 15) is 9.59 Å². The van der Waals surface area contributed by atoms with Crippen LogP contribution in [0.25, 0.3) is 10.8 Å². The fourth-order valence-electron chi connectivity index (χ4n) is 3.14. The Labute approximate surface area is 164 Å². The van der Waals surface area contributed by atoms with Crippen LogP contribution in [0, 0.1) is 0 Å². The Morgan fingerprint density at radius 2 is 1.71 bits per heavy atom. The molecule has 0 fully saturated rings. The molecule has 0 aliphatic rings. The van der Waals surface area contributed by atoms with Crippen LogP contribution in [0.2, 0.25) is 0 Å². The number of hydrogen-bond acceptors (Lipinski definition) is 4. The van der Waals surface area contributed by atoms with Crippen LogP contribution in [0.5, 0.6) is 0 Å². The van der Waals surface area contributed by atoms with E-state index in [4.69, 9.17) is 0 Å². The molecule has 0 bridgehead atoms. The molecule has 0 spiro atoms. The summed E-state index contributed by atoms with van der Waals surface area (Å²) in [7, 11) is 2.03. The number of nitrogens with zero attached hydrogens (tertiary/aromatic N) is 3. The average Bonchev–Trinajstić information content (AvgIpc) is 2.71. The molecule has 0 aliphatic carbocycles. The minimum atomic E-state index is -0.257. The first-order valence-corrected chi connectivity index (χ1v) is 9.55. The third-order valence-corrected chi connectivity index (χ3v) is 4.69. The van der Waals surface area contributed by atoms with Gasteiger partial charge >= 0.3 is 0 Å². The second kappa shape index (κ2) is 8.69. The van der Waals surface area contributed by atoms with Gasteiger partial charge in [0.25, 0.3) is 11.5 Å². The summed E-state index contributed by atoms with van der Waals surface area (Å²) in [6.45, 7) is 5.12. The molecule has 1 N–H and O–H groups in total. The second-order valence-corrected chi connectivity index (χ2v) is 7.10. The molecule has 6 nitrogen and oxygen atoms in total. The largest absolute Gasteiger partial charge is 0.375 e. The Morgan fingerprint density at radius 3 is 2.39 bits per heavy atom. The van der Waals surface area contributed by atoms with E-state index < -0.39 is 0 Å². The number of carbonyl (C=O) groups is 1. The molecular formula is C22H26N4O2. The van der Waals surface area contributed by atoms with Gasteiger partial charge in [0.1, 0.15) is 0 Å². The van der Waals surface area contributed by atoms with Gasteiger partial charge in [-0.05, 0) is 38.5 Å². The Bertz CT molecular complexity index is 1010. The predicted molar refractivity (Wildman–Crippen MR) is 113 cm³/mol. The van der Waals surface area contributed by atoms with E-state index in [1.807, 2.05) is 45.2 Å². The molecule has 3 rings (SSSR count). The van der Waals surface area contributed by atoms with Crippen LogP contribution in [-0.4, -0.2) is 35.8 Å². The lowest BCUT2D eigenvalue weighted by Gasteiger charge is -2.19. The molecule has 146 valence electrons. The van der Waals surface area contributed by atoms with Crippen LogP contribution in [0.4, 0.5) is 5.69 Å². The lowest BCUT2D eigenvalue weighted by atomic mass is 10.1. The highest BCUT2D eigenvalue weighted by Crippen LogP contribution is 2.15. The van der Waals surface area contributed by atoms with E-state index >= 15 is 0 Å². The topological polar surface area (TPSA) is 67.2 Å². The number of fused-ring (bicyclic) bond motifs is 1. The SMILES string of the molecule is CC(C)n1nc(C(=O)NCCCN(C)c2ccccc2)c2ccccc2c1=O. The molecule has 0 saturated heterocycles. The molecule has 0 atom stereocenters. The number of aromatic nitrogens is 2. The lowest BCUT2D eigenvalue weighted by Crippen LogP contribution is -2.33. The molecule has 0 radical (unpaired) electrons. The summed E-state index contributed by atoms with van der Waals surface area (Å²) in [4.78, 5) is 27.5. The van der Waals surface area contributed by atoms with E-state index in [0.717, 1.165) is 18.7 Å². The van der Waals surface area contributed by atoms with Gasteiger partial charge in [-0.15, -0.1) is 0 Å². The third-order valence-electron chi connectivity index (χ3n) is 4.69. The van der Waals surface area contributed by atoms with Crippen molar-refractivity contribution in [3.8, 4) is 0 Å². The van der Waals surface area contributed by atoms with Crippen molar-refractivity contribution < 1.29 is 4.79 Å². The summed E-state index contributed by atoms with van der Waals surface area (Å²) in [6.07, 6.45) is 0.804. The van der Waals surface area contributed by atoms with Crippen molar-refractivity contribution in [3.63, 3.8) is 0 Å². The van der Waals surface area contributed by atoms with Crippen molar-refractivity contribution in [2.45, 2.75) is 26.3 Å². The molecule has 3 aromatic rings. The summed E-state index contributed by atoms with van der Waals surface area (Å²) >= 11 is 0. The first-order valence-electron chi connectivity index (χ1n) is 9.55. The highest BCUT2D eigenvalue weighted by atomic mass is 16.2. The van der Waals surface area contributed by atoms with Crippen molar-refractivity contribution in [3.05, 3.63) is 70.6 Å². The molecule has 1 aromatic heterocycles. The van der Waals surface area contributed by atoms with Gasteiger partial charge in [-0.3, -0.25) is 9.59 Å². The number of carbonyl (C=O) groups excluding carboxylic acids is 1. The van der Waals surface area contributed by atoms with Crippen molar-refractivity contribution in [1.29, 1.82) is 0 Å². The fourth-order valence-corrected chi connectivity index (χ4v) is 3.14. The number of hydrogen-bond donors (Lipinski definition) is 1. The van der Waals surface area contributed by atoms with Crippen LogP contribution >= 0.6 is 0 Å². The van der Waals surface area contributed by atoms with Gasteiger partial charge in [0.15, 0.2) is 5.69 Å². The summed E-state index contributed by atoms with van der Waals surface area (Å²) in [5, 5.41) is 8.38. The first-order chi connectivity index (χ1) is 13.5. The van der Waals surface area contributed by atoms with E-state index in [-0.39, 0.29) is 17.5 Å². The van der Waals surface area contributed by atoms with Gasteiger partial charge in [0.2, 0.25) is 0 Å². The Kier molecular flexibility index (Phi) is 6.09. The molecular weight excluding hydrogens is 352 g/mol. The molecule has 0 aliphatic heterocycles. The molecule has 0 saturated carbocycles. The fraction of sp³-hybridized carbons (Fsp3) is 0.318. The zero-order valence-electron chi connectivity index (χ0n) is 16.6. The van der Waals surface area contributed by atoms with E-state index in [1.165, 1.54) is 4.68 Å². The zero-order valence-corrected chi connectivity index (χ0v) is 16.6. The summed E-state index contributed by atoms with van der Waals surface area (Å²) in [5.41, 5.74) is 1.26. The van der Waals surface area contributed by atoms with Gasteiger partial charge in [0, 0.05) is 31.2 Å². The van der Waals surface area contributed by atoms with Gasteiger partial charge in [-0.25, -0.2) is 4.68 Å². The third kappa shape index (κ3) is 4.22. The maximum Gasteiger partial charge on any atom is 0.274 e. The van der Waals surface area contributed by atoms with E-state index in [1.54, 1.807) is 18.2 Å².